The van der Waals surface area contributed by atoms with Crippen molar-refractivity contribution in [1.82, 2.24) is 15.0 Å². The maximum Gasteiger partial charge on any atom is 0.240 e. The van der Waals surface area contributed by atoms with E-state index in [-0.39, 0.29) is 11.6 Å². The Morgan fingerprint density at radius 1 is 1.09 bits per heavy atom. The van der Waals surface area contributed by atoms with Crippen molar-refractivity contribution in [1.29, 1.82) is 0 Å². The fourth-order valence-corrected chi connectivity index (χ4v) is 9.41. The molecule has 4 fully saturated rings. The quantitative estimate of drug-likeness (QED) is 0.457. The highest BCUT2D eigenvalue weighted by atomic mass is 32.2. The van der Waals surface area contributed by atoms with Gasteiger partial charge in [0.25, 0.3) is 0 Å². The summed E-state index contributed by atoms with van der Waals surface area (Å²) in [7, 11) is -3.60. The molecular weight excluding hydrogens is 454 g/mol. The van der Waals surface area contributed by atoms with Crippen LogP contribution in [-0.2, 0) is 16.4 Å². The molecule has 0 saturated heterocycles. The van der Waals surface area contributed by atoms with E-state index in [2.05, 4.69) is 46.7 Å². The van der Waals surface area contributed by atoms with Crippen molar-refractivity contribution >= 4 is 20.9 Å². The van der Waals surface area contributed by atoms with Gasteiger partial charge >= 0.3 is 0 Å². The number of aromatic nitrogens is 1. The monoisotopic (exact) mass is 491 g/mol. The van der Waals surface area contributed by atoms with Crippen LogP contribution in [0, 0.1) is 17.8 Å². The van der Waals surface area contributed by atoms with E-state index in [0.29, 0.717) is 28.7 Å². The second-order valence-electron chi connectivity index (χ2n) is 11.7. The molecule has 186 valence electrons. The number of hydrogen-bond donors (Lipinski definition) is 3. The zero-order valence-corrected chi connectivity index (χ0v) is 21.6. The Labute approximate surface area is 209 Å². The van der Waals surface area contributed by atoms with Crippen molar-refractivity contribution in [3.8, 4) is 0 Å². The van der Waals surface area contributed by atoms with Crippen LogP contribution in [0.4, 0.5) is 0 Å². The van der Waals surface area contributed by atoms with Gasteiger partial charge in [-0.25, -0.2) is 13.1 Å². The smallest absolute Gasteiger partial charge is 0.240 e. The van der Waals surface area contributed by atoms with Crippen LogP contribution < -0.4 is 10.0 Å². The molecule has 2 heterocycles. The van der Waals surface area contributed by atoms with Crippen molar-refractivity contribution in [2.24, 2.45) is 17.8 Å². The van der Waals surface area contributed by atoms with Gasteiger partial charge in [-0.2, -0.15) is 0 Å². The van der Waals surface area contributed by atoms with Gasteiger partial charge in [0.2, 0.25) is 10.0 Å². The first-order valence-corrected chi connectivity index (χ1v) is 14.7. The molecular formula is C29H37N3O2S. The molecule has 0 radical (unpaired) electrons. The Bertz CT molecular complexity index is 1300. The summed E-state index contributed by atoms with van der Waals surface area (Å²) in [6.07, 6.45) is 13.1. The van der Waals surface area contributed by atoms with E-state index in [1.807, 2.05) is 12.1 Å². The van der Waals surface area contributed by atoms with Crippen molar-refractivity contribution < 1.29 is 8.42 Å². The van der Waals surface area contributed by atoms with Crippen LogP contribution in [-0.4, -0.2) is 25.0 Å². The minimum absolute atomic E-state index is 0.0747. The number of H-pyrrole nitrogens is 1. The number of sulfonamides is 1. The highest BCUT2D eigenvalue weighted by Gasteiger charge is 2.52. The van der Waals surface area contributed by atoms with Gasteiger partial charge in [-0.05, 0) is 99.8 Å². The van der Waals surface area contributed by atoms with Crippen molar-refractivity contribution in [3.63, 3.8) is 0 Å². The molecule has 0 amide bonds. The zero-order chi connectivity index (χ0) is 24.4. The van der Waals surface area contributed by atoms with Gasteiger partial charge in [-0.3, -0.25) is 0 Å². The molecule has 1 aromatic heterocycles. The minimum Gasteiger partial charge on any atom is -0.357 e. The van der Waals surface area contributed by atoms with E-state index in [4.69, 9.17) is 0 Å². The first-order chi connectivity index (χ1) is 16.7. The van der Waals surface area contributed by atoms with E-state index < -0.39 is 10.0 Å². The van der Waals surface area contributed by atoms with E-state index in [9.17, 15) is 8.42 Å². The Morgan fingerprint density at radius 3 is 2.40 bits per heavy atom. The summed E-state index contributed by atoms with van der Waals surface area (Å²) in [5, 5.41) is 4.91. The Balaban J connectivity index is 1.23. The Hall–Kier alpha value is -2.15. The molecule has 4 aliphatic carbocycles. The maximum atomic E-state index is 13.5. The molecule has 1 aromatic carbocycles. The Kier molecular flexibility index (Phi) is 5.62. The molecule has 4 saturated carbocycles. The lowest BCUT2D eigenvalue weighted by Crippen LogP contribution is -2.59. The third kappa shape index (κ3) is 4.13. The summed E-state index contributed by atoms with van der Waals surface area (Å²) in [6.45, 7) is 8.33. The average molecular weight is 492 g/mol. The normalized spacial score (nSPS) is 34.6. The number of para-hydroxylation sites is 1. The number of benzene rings is 1. The van der Waals surface area contributed by atoms with Gasteiger partial charge in [-0.15, -0.1) is 0 Å². The number of fused-ring (bicyclic) bond motifs is 3. The topological polar surface area (TPSA) is 74.0 Å². The molecule has 35 heavy (non-hydrogen) atoms. The summed E-state index contributed by atoms with van der Waals surface area (Å²) in [4.78, 5) is 3.91. The van der Waals surface area contributed by atoms with Gasteiger partial charge in [-0.1, -0.05) is 36.9 Å². The maximum absolute atomic E-state index is 13.5. The fourth-order valence-electron chi connectivity index (χ4n) is 7.92. The largest absolute Gasteiger partial charge is 0.357 e. The predicted octanol–water partition coefficient (Wildman–Crippen LogP) is 5.65. The number of aromatic amines is 1. The fraction of sp³-hybridized carbons (Fsp3) is 0.517. The van der Waals surface area contributed by atoms with Crippen LogP contribution in [0.3, 0.4) is 0 Å². The van der Waals surface area contributed by atoms with E-state index >= 15 is 0 Å². The zero-order valence-electron chi connectivity index (χ0n) is 20.8. The first kappa shape index (κ1) is 23.3. The van der Waals surface area contributed by atoms with E-state index in [0.717, 1.165) is 42.5 Å². The lowest BCUT2D eigenvalue weighted by Gasteiger charge is -2.56. The summed E-state index contributed by atoms with van der Waals surface area (Å²) >= 11 is 0. The molecule has 0 spiro atoms. The van der Waals surface area contributed by atoms with Gasteiger partial charge in [0, 0.05) is 28.2 Å². The van der Waals surface area contributed by atoms with Crippen LogP contribution in [0.25, 0.3) is 10.9 Å². The third-order valence-electron chi connectivity index (χ3n) is 8.91. The summed E-state index contributed by atoms with van der Waals surface area (Å²) < 4.78 is 30.2. The van der Waals surface area contributed by atoms with Gasteiger partial charge in [0.1, 0.15) is 0 Å². The van der Waals surface area contributed by atoms with Crippen LogP contribution in [0.1, 0.15) is 69.7 Å². The van der Waals surface area contributed by atoms with Crippen LogP contribution in [0.5, 0.6) is 0 Å². The highest BCUT2D eigenvalue weighted by Crippen LogP contribution is 2.56. The molecule has 5 nitrogen and oxygen atoms in total. The molecule has 7 rings (SSSR count). The molecule has 3 N–H and O–H groups in total. The summed E-state index contributed by atoms with van der Waals surface area (Å²) in [5.41, 5.74) is 4.21. The van der Waals surface area contributed by atoms with Gasteiger partial charge in [0.05, 0.1) is 10.9 Å². The number of nitrogens with one attached hydrogen (secondary N) is 3. The lowest BCUT2D eigenvalue weighted by molar-refractivity contribution is -0.00797. The molecule has 6 heteroatoms. The second kappa shape index (κ2) is 8.46. The third-order valence-corrected chi connectivity index (χ3v) is 10.6. The first-order valence-electron chi connectivity index (χ1n) is 13.2. The average Bonchev–Trinajstić information content (AvgIpc) is 3.15. The second-order valence-corrected chi connectivity index (χ2v) is 13.4. The van der Waals surface area contributed by atoms with Crippen molar-refractivity contribution in [3.05, 3.63) is 70.8 Å². The number of hydrogen-bond acceptors (Lipinski definition) is 3. The highest BCUT2D eigenvalue weighted by molar-refractivity contribution is 7.93. The molecule has 4 bridgehead atoms. The molecule has 0 unspecified atom stereocenters. The van der Waals surface area contributed by atoms with Crippen molar-refractivity contribution in [2.45, 2.75) is 76.4 Å². The minimum atomic E-state index is -3.60. The summed E-state index contributed by atoms with van der Waals surface area (Å²) in [6, 6.07) is 8.62. The molecule has 1 aliphatic heterocycles. The van der Waals surface area contributed by atoms with E-state index in [1.165, 1.54) is 30.2 Å². The molecule has 5 aliphatic rings. The SMILES string of the molecule is C=C(/C=C\C(=C/C)S(=O)(=O)N[C@]12C[C@H]3C[C@H](C[C@H](C3)C1)C2)[C@@H]1N[C@@H](C)Cc2c1[nH]c1ccccc21. The van der Waals surface area contributed by atoms with Crippen LogP contribution in [0.2, 0.25) is 0 Å². The lowest BCUT2D eigenvalue weighted by atomic mass is 9.53. The number of rotatable bonds is 6. The standard InChI is InChI=1S/C29H37N3O2S/c1-4-23(35(33,34)32-29-15-20-12-21(16-29)14-22(13-20)17-29)10-9-18(2)27-28-25(11-19(3)30-27)24-7-5-6-8-26(24)31-28/h4-10,19-22,27,30-32H,2,11-17H2,1,3H3/b10-9-,23-4+/t19-,20-,21+,22-,27-,29-/m0/s1. The predicted molar refractivity (Wildman–Crippen MR) is 142 cm³/mol. The summed E-state index contributed by atoms with van der Waals surface area (Å²) in [5.74, 6) is 2.08. The van der Waals surface area contributed by atoms with Crippen molar-refractivity contribution in [2.75, 3.05) is 0 Å². The van der Waals surface area contributed by atoms with Gasteiger partial charge < -0.3 is 10.3 Å². The van der Waals surface area contributed by atoms with Gasteiger partial charge in [0.15, 0.2) is 0 Å². The molecule has 2 aromatic rings. The molecule has 2 atom stereocenters. The van der Waals surface area contributed by atoms with Crippen LogP contribution >= 0.6 is 0 Å². The van der Waals surface area contributed by atoms with E-state index in [1.54, 1.807) is 19.1 Å². The Morgan fingerprint density at radius 2 is 1.74 bits per heavy atom. The number of allylic oxidation sites excluding steroid dienone is 2. The van der Waals surface area contributed by atoms with Crippen LogP contribution in [0.15, 0.2) is 59.6 Å².